The molecule has 146 valence electrons. The molecule has 1 saturated heterocycles. The van der Waals surface area contributed by atoms with E-state index in [1.807, 2.05) is 43.4 Å². The smallest absolute Gasteiger partial charge is 0.191 e. The number of aromatic nitrogens is 3. The van der Waals surface area contributed by atoms with Gasteiger partial charge in [-0.25, -0.2) is 0 Å². The Kier molecular flexibility index (Phi) is 6.32. The van der Waals surface area contributed by atoms with Crippen LogP contribution < -0.4 is 4.90 Å². The number of hydrogen-bond donors (Lipinski definition) is 1. The fraction of sp³-hybridized carbons (Fsp3) is 0.333. The molecule has 1 unspecified atom stereocenters. The molecular weight excluding hydrogens is 392 g/mol. The molecule has 2 heterocycles. The highest BCUT2D eigenvalue weighted by Crippen LogP contribution is 2.23. The van der Waals surface area contributed by atoms with Crippen molar-refractivity contribution in [3.8, 4) is 11.4 Å². The van der Waals surface area contributed by atoms with Crippen LogP contribution in [0.5, 0.6) is 0 Å². The Labute approximate surface area is 174 Å². The van der Waals surface area contributed by atoms with Gasteiger partial charge in [0.05, 0.1) is 6.61 Å². The molecule has 7 heteroatoms. The van der Waals surface area contributed by atoms with Gasteiger partial charge in [-0.2, -0.15) is 0 Å². The second-order valence-electron chi connectivity index (χ2n) is 7.01. The number of nitrogens with one attached hydrogen (secondary N) is 1. The summed E-state index contributed by atoms with van der Waals surface area (Å²) in [6, 6.07) is 18.2. The predicted molar refractivity (Wildman–Crippen MR) is 113 cm³/mol. The van der Waals surface area contributed by atoms with Crippen molar-refractivity contribution in [1.82, 2.24) is 14.8 Å². The van der Waals surface area contributed by atoms with Crippen molar-refractivity contribution in [2.24, 2.45) is 7.05 Å². The molecule has 2 aromatic carbocycles. The van der Waals surface area contributed by atoms with Gasteiger partial charge in [-0.3, -0.25) is 0 Å². The van der Waals surface area contributed by atoms with Gasteiger partial charge in [-0.1, -0.05) is 71.9 Å². The Bertz CT molecular complexity index is 918. The summed E-state index contributed by atoms with van der Waals surface area (Å²) in [6.45, 7) is 3.70. The third-order valence-electron chi connectivity index (χ3n) is 4.99. The largest absolute Gasteiger partial charge is 0.366 e. The van der Waals surface area contributed by atoms with Crippen LogP contribution in [0.2, 0.25) is 5.02 Å². The Hall–Kier alpha value is -1.86. The number of nitrogens with zero attached hydrogens (tertiary/aromatic N) is 3. The summed E-state index contributed by atoms with van der Waals surface area (Å²) in [6.07, 6.45) is 0.202. The van der Waals surface area contributed by atoms with Crippen LogP contribution in [0, 0.1) is 0 Å². The van der Waals surface area contributed by atoms with Crippen LogP contribution in [-0.4, -0.2) is 46.3 Å². The molecule has 1 aliphatic heterocycles. The lowest BCUT2D eigenvalue weighted by Crippen LogP contribution is -3.13. The van der Waals surface area contributed by atoms with Crippen molar-refractivity contribution in [3.05, 3.63) is 65.2 Å². The van der Waals surface area contributed by atoms with E-state index in [9.17, 15) is 0 Å². The second kappa shape index (κ2) is 9.09. The molecular formula is C21H24ClN4OS+. The number of benzene rings is 2. The predicted octanol–water partition coefficient (Wildman–Crippen LogP) is 2.71. The molecule has 4 rings (SSSR count). The van der Waals surface area contributed by atoms with Crippen molar-refractivity contribution < 1.29 is 9.64 Å². The fourth-order valence-corrected chi connectivity index (χ4v) is 4.61. The first-order chi connectivity index (χ1) is 13.7. The Morgan fingerprint density at radius 3 is 2.75 bits per heavy atom. The number of hydrogen-bond acceptors (Lipinski definition) is 4. The van der Waals surface area contributed by atoms with Gasteiger partial charge in [0.2, 0.25) is 0 Å². The van der Waals surface area contributed by atoms with Crippen LogP contribution in [0.3, 0.4) is 0 Å². The Balaban J connectivity index is 1.35. The van der Waals surface area contributed by atoms with E-state index in [-0.39, 0.29) is 6.10 Å². The first-order valence-corrected chi connectivity index (χ1v) is 10.8. The van der Waals surface area contributed by atoms with Gasteiger partial charge >= 0.3 is 0 Å². The van der Waals surface area contributed by atoms with Gasteiger partial charge in [-0.05, 0) is 6.07 Å². The van der Waals surface area contributed by atoms with Gasteiger partial charge in [-0.15, -0.1) is 10.2 Å². The molecule has 0 spiro atoms. The maximum Gasteiger partial charge on any atom is 0.191 e. The van der Waals surface area contributed by atoms with E-state index < -0.39 is 0 Å². The number of rotatable bonds is 6. The lowest BCUT2D eigenvalue weighted by atomic mass is 10.2. The highest BCUT2D eigenvalue weighted by Gasteiger charge is 2.25. The number of morpholine rings is 1. The lowest BCUT2D eigenvalue weighted by Gasteiger charge is -2.30. The maximum atomic E-state index is 6.32. The van der Waals surface area contributed by atoms with Crippen LogP contribution in [0.4, 0.5) is 0 Å². The van der Waals surface area contributed by atoms with Gasteiger partial charge in [0.25, 0.3) is 0 Å². The molecule has 1 aromatic heterocycles. The fourth-order valence-electron chi connectivity index (χ4n) is 3.48. The number of ether oxygens (including phenoxy) is 1. The van der Waals surface area contributed by atoms with E-state index in [1.54, 1.807) is 11.8 Å². The number of halogens is 1. The molecule has 1 aliphatic rings. The molecule has 28 heavy (non-hydrogen) atoms. The van der Waals surface area contributed by atoms with Crippen molar-refractivity contribution >= 4 is 23.4 Å². The van der Waals surface area contributed by atoms with Crippen LogP contribution in [-0.2, 0) is 18.3 Å². The summed E-state index contributed by atoms with van der Waals surface area (Å²) < 4.78 is 8.05. The number of thioether (sulfide) groups is 1. The van der Waals surface area contributed by atoms with E-state index in [0.29, 0.717) is 0 Å². The average molecular weight is 416 g/mol. The minimum atomic E-state index is 0.202. The van der Waals surface area contributed by atoms with E-state index >= 15 is 0 Å². The van der Waals surface area contributed by atoms with Crippen LogP contribution in [0.15, 0.2) is 59.8 Å². The normalized spacial score (nSPS) is 19.6. The summed E-state index contributed by atoms with van der Waals surface area (Å²) in [5, 5.41) is 10.5. The molecule has 0 amide bonds. The molecule has 0 aliphatic carbocycles. The van der Waals surface area contributed by atoms with E-state index in [1.165, 1.54) is 10.5 Å². The molecule has 5 nitrogen and oxygen atoms in total. The summed E-state index contributed by atoms with van der Waals surface area (Å²) in [5.41, 5.74) is 2.28. The monoisotopic (exact) mass is 415 g/mol. The van der Waals surface area contributed by atoms with Gasteiger partial charge < -0.3 is 14.2 Å². The zero-order valence-electron chi connectivity index (χ0n) is 15.8. The minimum absolute atomic E-state index is 0.202. The quantitative estimate of drug-likeness (QED) is 0.629. The average Bonchev–Trinajstić information content (AvgIpc) is 3.09. The zero-order chi connectivity index (χ0) is 19.3. The SMILES string of the molecule is Cn1c(SC[C@H]2C[NH+](Cc3ccccc3Cl)CCO2)nnc1-c1ccccc1. The summed E-state index contributed by atoms with van der Waals surface area (Å²) in [7, 11) is 2.02. The minimum Gasteiger partial charge on any atom is -0.366 e. The van der Waals surface area contributed by atoms with Crippen LogP contribution in [0.1, 0.15) is 5.56 Å². The standard InChI is InChI=1S/C21H23ClN4OS/c1-25-20(16-7-3-2-4-8-16)23-24-21(25)28-15-18-14-26(11-12-27-18)13-17-9-5-6-10-19(17)22/h2-10,18H,11-15H2,1H3/p+1/t18-/m1/s1. The first kappa shape index (κ1) is 19.5. The molecule has 0 saturated carbocycles. The number of quaternary nitrogens is 1. The zero-order valence-corrected chi connectivity index (χ0v) is 17.4. The van der Waals surface area contributed by atoms with Crippen molar-refractivity contribution in [2.75, 3.05) is 25.4 Å². The van der Waals surface area contributed by atoms with Crippen molar-refractivity contribution in [1.29, 1.82) is 0 Å². The van der Waals surface area contributed by atoms with E-state index in [4.69, 9.17) is 16.3 Å². The van der Waals surface area contributed by atoms with Crippen molar-refractivity contribution in [3.63, 3.8) is 0 Å². The maximum absolute atomic E-state index is 6.32. The van der Waals surface area contributed by atoms with Gasteiger partial charge in [0.15, 0.2) is 11.0 Å². The molecule has 1 N–H and O–H groups in total. The summed E-state index contributed by atoms with van der Waals surface area (Å²) in [5.74, 6) is 1.76. The molecule has 1 fully saturated rings. The summed E-state index contributed by atoms with van der Waals surface area (Å²) in [4.78, 5) is 1.51. The highest BCUT2D eigenvalue weighted by molar-refractivity contribution is 7.99. The van der Waals surface area contributed by atoms with Crippen molar-refractivity contribution in [2.45, 2.75) is 17.8 Å². The van der Waals surface area contributed by atoms with E-state index in [2.05, 4.69) is 33.0 Å². The van der Waals surface area contributed by atoms with Gasteiger partial charge in [0, 0.05) is 29.0 Å². The third kappa shape index (κ3) is 4.58. The highest BCUT2D eigenvalue weighted by atomic mass is 35.5. The topological polar surface area (TPSA) is 44.4 Å². The molecule has 0 radical (unpaired) electrons. The van der Waals surface area contributed by atoms with Crippen LogP contribution >= 0.6 is 23.4 Å². The Morgan fingerprint density at radius 1 is 1.14 bits per heavy atom. The summed E-state index contributed by atoms with van der Waals surface area (Å²) >= 11 is 8.03. The van der Waals surface area contributed by atoms with Crippen LogP contribution in [0.25, 0.3) is 11.4 Å². The molecule has 2 atom stereocenters. The second-order valence-corrected chi connectivity index (χ2v) is 8.40. The lowest BCUT2D eigenvalue weighted by molar-refractivity contribution is -0.924. The van der Waals surface area contributed by atoms with Gasteiger partial charge in [0.1, 0.15) is 25.7 Å². The third-order valence-corrected chi connectivity index (χ3v) is 6.51. The Morgan fingerprint density at radius 2 is 1.93 bits per heavy atom. The molecule has 0 bridgehead atoms. The molecule has 3 aromatic rings. The van der Waals surface area contributed by atoms with E-state index in [0.717, 1.165) is 53.6 Å². The first-order valence-electron chi connectivity index (χ1n) is 9.47.